The highest BCUT2D eigenvalue weighted by Crippen LogP contribution is 2.20. The van der Waals surface area contributed by atoms with Gasteiger partial charge in [0.15, 0.2) is 5.22 Å². The minimum absolute atomic E-state index is 0.0194. The first-order valence-corrected chi connectivity index (χ1v) is 6.65. The van der Waals surface area contributed by atoms with Crippen LogP contribution in [-0.4, -0.2) is 24.9 Å². The maximum atomic E-state index is 11.9. The summed E-state index contributed by atoms with van der Waals surface area (Å²) in [6.45, 7) is 2.51. The van der Waals surface area contributed by atoms with Gasteiger partial charge in [-0.15, -0.1) is 0 Å². The summed E-state index contributed by atoms with van der Waals surface area (Å²) in [6.07, 6.45) is 0. The number of hydrogen-bond acceptors (Lipinski definition) is 3. The predicted molar refractivity (Wildman–Crippen MR) is 80.2 cm³/mol. The number of anilines is 1. The first-order valence-electron chi connectivity index (χ1n) is 6.28. The Hall–Kier alpha value is -1.94. The van der Waals surface area contributed by atoms with E-state index in [1.165, 1.54) is 0 Å². The molecule has 0 aliphatic rings. The molecule has 0 unspecified atom stereocenters. The number of furan rings is 1. The van der Waals surface area contributed by atoms with Crippen LogP contribution in [0, 0.1) is 6.92 Å². The quantitative estimate of drug-likeness (QED) is 0.937. The predicted octanol–water partition coefficient (Wildman–Crippen LogP) is 3.56. The third-order valence-electron chi connectivity index (χ3n) is 2.97. The van der Waals surface area contributed by atoms with E-state index >= 15 is 0 Å². The zero-order chi connectivity index (χ0) is 14.7. The number of benzene rings is 1. The maximum absolute atomic E-state index is 11.9. The van der Waals surface area contributed by atoms with E-state index in [9.17, 15) is 4.79 Å². The third-order valence-corrected chi connectivity index (χ3v) is 3.18. The average molecular weight is 293 g/mol. The van der Waals surface area contributed by atoms with Crippen molar-refractivity contribution in [3.8, 4) is 0 Å². The van der Waals surface area contributed by atoms with Gasteiger partial charge in [-0.1, -0.05) is 6.07 Å². The maximum Gasteiger partial charge on any atom is 0.253 e. The Balaban J connectivity index is 2.14. The highest BCUT2D eigenvalue weighted by molar-refractivity contribution is 6.28. The second kappa shape index (κ2) is 6.01. The van der Waals surface area contributed by atoms with Crippen LogP contribution < -0.4 is 5.32 Å². The van der Waals surface area contributed by atoms with Crippen LogP contribution in [0.2, 0.25) is 5.22 Å². The highest BCUT2D eigenvalue weighted by Gasteiger charge is 2.10. The number of nitrogens with zero attached hydrogens (tertiary/aromatic N) is 1. The fourth-order valence-corrected chi connectivity index (χ4v) is 1.99. The lowest BCUT2D eigenvalue weighted by Gasteiger charge is -2.13. The van der Waals surface area contributed by atoms with Crippen LogP contribution in [-0.2, 0) is 6.54 Å². The molecule has 106 valence electrons. The fourth-order valence-electron chi connectivity index (χ4n) is 1.83. The SMILES string of the molecule is Cc1ccc(C(=O)N(C)C)cc1NCc1ccc(Cl)o1. The van der Waals surface area contributed by atoms with Crippen molar-refractivity contribution in [3.63, 3.8) is 0 Å². The summed E-state index contributed by atoms with van der Waals surface area (Å²) < 4.78 is 5.29. The van der Waals surface area contributed by atoms with Gasteiger partial charge in [-0.25, -0.2) is 0 Å². The summed E-state index contributed by atoms with van der Waals surface area (Å²) >= 11 is 5.73. The Bertz CT molecular complexity index is 620. The lowest BCUT2D eigenvalue weighted by Crippen LogP contribution is -2.21. The zero-order valence-electron chi connectivity index (χ0n) is 11.7. The number of carbonyl (C=O) groups is 1. The number of halogens is 1. The van der Waals surface area contributed by atoms with Crippen molar-refractivity contribution in [2.75, 3.05) is 19.4 Å². The molecule has 0 radical (unpaired) electrons. The van der Waals surface area contributed by atoms with Crippen molar-refractivity contribution in [2.45, 2.75) is 13.5 Å². The second-order valence-corrected chi connectivity index (χ2v) is 5.16. The zero-order valence-corrected chi connectivity index (χ0v) is 12.5. The third kappa shape index (κ3) is 3.33. The van der Waals surface area contributed by atoms with E-state index < -0.39 is 0 Å². The van der Waals surface area contributed by atoms with E-state index in [1.54, 1.807) is 25.1 Å². The van der Waals surface area contributed by atoms with Gasteiger partial charge in [-0.05, 0) is 48.4 Å². The normalized spacial score (nSPS) is 10.4. The molecule has 4 nitrogen and oxygen atoms in total. The molecule has 0 aliphatic carbocycles. The van der Waals surface area contributed by atoms with Gasteiger partial charge in [0, 0.05) is 25.3 Å². The van der Waals surface area contributed by atoms with Gasteiger partial charge in [-0.3, -0.25) is 4.79 Å². The highest BCUT2D eigenvalue weighted by atomic mass is 35.5. The van der Waals surface area contributed by atoms with Gasteiger partial charge in [0.1, 0.15) is 5.76 Å². The molecule has 1 N–H and O–H groups in total. The van der Waals surface area contributed by atoms with Crippen molar-refractivity contribution in [1.82, 2.24) is 4.90 Å². The number of aryl methyl sites for hydroxylation is 1. The van der Waals surface area contributed by atoms with E-state index in [0.29, 0.717) is 17.3 Å². The summed E-state index contributed by atoms with van der Waals surface area (Å²) in [6, 6.07) is 9.12. The minimum atomic E-state index is -0.0194. The standard InChI is InChI=1S/C15H17ClN2O2/c1-10-4-5-11(15(19)18(2)3)8-13(10)17-9-12-6-7-14(16)20-12/h4-8,17H,9H2,1-3H3. The molecule has 0 spiro atoms. The molecule has 1 aromatic heterocycles. The second-order valence-electron chi connectivity index (χ2n) is 4.79. The number of carbonyl (C=O) groups excluding carboxylic acids is 1. The largest absolute Gasteiger partial charge is 0.448 e. The van der Waals surface area contributed by atoms with E-state index in [-0.39, 0.29) is 5.91 Å². The van der Waals surface area contributed by atoms with Crippen molar-refractivity contribution in [3.05, 3.63) is 52.4 Å². The van der Waals surface area contributed by atoms with Gasteiger partial charge in [0.25, 0.3) is 5.91 Å². The van der Waals surface area contributed by atoms with Crippen LogP contribution >= 0.6 is 11.6 Å². The summed E-state index contributed by atoms with van der Waals surface area (Å²) in [7, 11) is 3.47. The molecule has 5 heteroatoms. The average Bonchev–Trinajstić information content (AvgIpc) is 2.82. The smallest absolute Gasteiger partial charge is 0.253 e. The number of amides is 1. The van der Waals surface area contributed by atoms with Crippen molar-refractivity contribution >= 4 is 23.2 Å². The summed E-state index contributed by atoms with van der Waals surface area (Å²) in [4.78, 5) is 13.5. The number of hydrogen-bond donors (Lipinski definition) is 1. The van der Waals surface area contributed by atoms with Gasteiger partial charge in [0.05, 0.1) is 6.54 Å². The Morgan fingerprint density at radius 2 is 2.05 bits per heavy atom. The molecule has 0 aliphatic heterocycles. The lowest BCUT2D eigenvalue weighted by atomic mass is 10.1. The molecule has 20 heavy (non-hydrogen) atoms. The van der Waals surface area contributed by atoms with Crippen LogP contribution in [0.25, 0.3) is 0 Å². The topological polar surface area (TPSA) is 45.5 Å². The van der Waals surface area contributed by atoms with E-state index in [2.05, 4.69) is 5.32 Å². The van der Waals surface area contributed by atoms with Gasteiger partial charge >= 0.3 is 0 Å². The Morgan fingerprint density at radius 3 is 2.65 bits per heavy atom. The summed E-state index contributed by atoms with van der Waals surface area (Å²) in [5.41, 5.74) is 2.63. The molecule has 0 saturated heterocycles. The first kappa shape index (κ1) is 14.5. The molecular formula is C15H17ClN2O2. The summed E-state index contributed by atoms with van der Waals surface area (Å²) in [5.74, 6) is 0.729. The molecule has 1 aromatic carbocycles. The van der Waals surface area contributed by atoms with Gasteiger partial charge in [0.2, 0.25) is 0 Å². The Labute approximate surface area is 123 Å². The van der Waals surface area contributed by atoms with Gasteiger partial charge in [-0.2, -0.15) is 0 Å². The van der Waals surface area contributed by atoms with E-state index in [1.807, 2.05) is 31.2 Å². The molecule has 2 aromatic rings. The van der Waals surface area contributed by atoms with E-state index in [4.69, 9.17) is 16.0 Å². The summed E-state index contributed by atoms with van der Waals surface area (Å²) in [5, 5.41) is 3.62. The first-order chi connectivity index (χ1) is 9.47. The van der Waals surface area contributed by atoms with Crippen LogP contribution in [0.4, 0.5) is 5.69 Å². The lowest BCUT2D eigenvalue weighted by molar-refractivity contribution is 0.0827. The Kier molecular flexibility index (Phi) is 4.35. The molecule has 0 atom stereocenters. The number of nitrogens with one attached hydrogen (secondary N) is 1. The Morgan fingerprint density at radius 1 is 1.30 bits per heavy atom. The van der Waals surface area contributed by atoms with Crippen LogP contribution in [0.15, 0.2) is 34.7 Å². The molecule has 0 saturated carbocycles. The van der Waals surface area contributed by atoms with Crippen molar-refractivity contribution < 1.29 is 9.21 Å². The van der Waals surface area contributed by atoms with Crippen LogP contribution in [0.3, 0.4) is 0 Å². The minimum Gasteiger partial charge on any atom is -0.448 e. The van der Waals surface area contributed by atoms with Crippen molar-refractivity contribution in [1.29, 1.82) is 0 Å². The van der Waals surface area contributed by atoms with E-state index in [0.717, 1.165) is 17.0 Å². The van der Waals surface area contributed by atoms with Crippen molar-refractivity contribution in [2.24, 2.45) is 0 Å². The molecule has 0 bridgehead atoms. The van der Waals surface area contributed by atoms with Crippen LogP contribution in [0.5, 0.6) is 0 Å². The molecule has 2 rings (SSSR count). The molecular weight excluding hydrogens is 276 g/mol. The van der Waals surface area contributed by atoms with Crippen LogP contribution in [0.1, 0.15) is 21.7 Å². The molecule has 1 amide bonds. The van der Waals surface area contributed by atoms with Gasteiger partial charge < -0.3 is 14.6 Å². The number of rotatable bonds is 4. The fraction of sp³-hybridized carbons (Fsp3) is 0.267. The monoisotopic (exact) mass is 292 g/mol. The molecule has 0 fully saturated rings. The molecule has 1 heterocycles.